The summed E-state index contributed by atoms with van der Waals surface area (Å²) in [6, 6.07) is 11.4. The number of hydrogen-bond donors (Lipinski definition) is 1. The molecular weight excluding hydrogens is 335 g/mol. The number of nitriles is 1. The standard InChI is InChI=1S/C16H13FN2O4S/c1-24(21,22)19-14-4-2-3-12(8-14)16(20)23-10-13-6-5-11(9-18)7-15(13)17/h2-8,19H,10H2,1H3. The minimum Gasteiger partial charge on any atom is -0.457 e. The summed E-state index contributed by atoms with van der Waals surface area (Å²) >= 11 is 0. The van der Waals surface area contributed by atoms with Gasteiger partial charge < -0.3 is 4.74 Å². The Morgan fingerprint density at radius 1 is 1.29 bits per heavy atom. The molecule has 0 saturated heterocycles. The van der Waals surface area contributed by atoms with E-state index in [1.165, 1.54) is 36.4 Å². The Bertz CT molecular complexity index is 920. The third-order valence-corrected chi connectivity index (χ3v) is 3.55. The van der Waals surface area contributed by atoms with E-state index in [0.717, 1.165) is 12.3 Å². The second kappa shape index (κ2) is 7.10. The zero-order valence-corrected chi connectivity index (χ0v) is 13.4. The fraction of sp³-hybridized carbons (Fsp3) is 0.125. The van der Waals surface area contributed by atoms with Gasteiger partial charge in [-0.1, -0.05) is 12.1 Å². The van der Waals surface area contributed by atoms with Crippen LogP contribution in [0, 0.1) is 17.1 Å². The summed E-state index contributed by atoms with van der Waals surface area (Å²) in [5.41, 5.74) is 0.643. The van der Waals surface area contributed by atoms with Crippen molar-refractivity contribution in [1.29, 1.82) is 5.26 Å². The molecule has 6 nitrogen and oxygen atoms in total. The van der Waals surface area contributed by atoms with Gasteiger partial charge in [0, 0.05) is 11.3 Å². The van der Waals surface area contributed by atoms with Crippen LogP contribution in [-0.2, 0) is 21.4 Å². The van der Waals surface area contributed by atoms with Crippen molar-refractivity contribution in [1.82, 2.24) is 0 Å². The van der Waals surface area contributed by atoms with Crippen molar-refractivity contribution in [3.8, 4) is 6.07 Å². The lowest BCUT2D eigenvalue weighted by Crippen LogP contribution is -2.11. The van der Waals surface area contributed by atoms with Gasteiger partial charge >= 0.3 is 5.97 Å². The second-order valence-electron chi connectivity index (χ2n) is 4.95. The molecule has 0 aliphatic heterocycles. The number of anilines is 1. The molecule has 0 atom stereocenters. The van der Waals surface area contributed by atoms with Gasteiger partial charge in [-0.15, -0.1) is 0 Å². The number of carbonyl (C=O) groups is 1. The molecule has 8 heteroatoms. The lowest BCUT2D eigenvalue weighted by molar-refractivity contribution is 0.0469. The molecule has 2 rings (SSSR count). The van der Waals surface area contributed by atoms with E-state index in [4.69, 9.17) is 10.00 Å². The van der Waals surface area contributed by atoms with E-state index >= 15 is 0 Å². The molecule has 0 unspecified atom stereocenters. The van der Waals surface area contributed by atoms with E-state index in [9.17, 15) is 17.6 Å². The van der Waals surface area contributed by atoms with Crippen LogP contribution in [-0.4, -0.2) is 20.6 Å². The Hall–Kier alpha value is -2.92. The summed E-state index contributed by atoms with van der Waals surface area (Å²) in [7, 11) is -3.47. The highest BCUT2D eigenvalue weighted by atomic mass is 32.2. The molecule has 0 radical (unpaired) electrons. The summed E-state index contributed by atoms with van der Waals surface area (Å²) in [4.78, 5) is 12.0. The Labute approximate surface area is 138 Å². The molecule has 0 saturated carbocycles. The quantitative estimate of drug-likeness (QED) is 0.837. The van der Waals surface area contributed by atoms with Crippen LogP contribution in [0.4, 0.5) is 10.1 Å². The summed E-state index contributed by atoms with van der Waals surface area (Å²) < 4.78 is 43.4. The Balaban J connectivity index is 2.08. The molecule has 0 spiro atoms. The highest BCUT2D eigenvalue weighted by Gasteiger charge is 2.11. The normalized spacial score (nSPS) is 10.7. The lowest BCUT2D eigenvalue weighted by Gasteiger charge is -2.08. The van der Waals surface area contributed by atoms with Gasteiger partial charge in [0.25, 0.3) is 0 Å². The molecule has 0 heterocycles. The van der Waals surface area contributed by atoms with E-state index in [0.29, 0.717) is 0 Å². The Morgan fingerprint density at radius 2 is 2.04 bits per heavy atom. The maximum Gasteiger partial charge on any atom is 0.338 e. The van der Waals surface area contributed by atoms with Crippen molar-refractivity contribution in [3.05, 3.63) is 65.0 Å². The average molecular weight is 348 g/mol. The maximum absolute atomic E-state index is 13.7. The minimum atomic E-state index is -3.47. The van der Waals surface area contributed by atoms with Crippen LogP contribution < -0.4 is 4.72 Å². The smallest absolute Gasteiger partial charge is 0.338 e. The van der Waals surface area contributed by atoms with Crippen LogP contribution in [0.2, 0.25) is 0 Å². The van der Waals surface area contributed by atoms with Crippen LogP contribution in [0.25, 0.3) is 0 Å². The van der Waals surface area contributed by atoms with Gasteiger partial charge in [0.15, 0.2) is 0 Å². The van der Waals surface area contributed by atoms with Gasteiger partial charge in [-0.2, -0.15) is 5.26 Å². The monoisotopic (exact) mass is 348 g/mol. The van der Waals surface area contributed by atoms with E-state index in [2.05, 4.69) is 4.72 Å². The minimum absolute atomic E-state index is 0.123. The fourth-order valence-corrected chi connectivity index (χ4v) is 2.44. The molecule has 24 heavy (non-hydrogen) atoms. The summed E-state index contributed by atoms with van der Waals surface area (Å²) in [5, 5.41) is 8.68. The number of nitrogens with zero attached hydrogens (tertiary/aromatic N) is 1. The predicted octanol–water partition coefficient (Wildman–Crippen LogP) is 2.43. The van der Waals surface area contributed by atoms with E-state index in [1.54, 1.807) is 6.07 Å². The topological polar surface area (TPSA) is 96.3 Å². The van der Waals surface area contributed by atoms with Gasteiger partial charge in [0.1, 0.15) is 12.4 Å². The molecule has 1 N–H and O–H groups in total. The molecular formula is C16H13FN2O4S. The van der Waals surface area contributed by atoms with Crippen LogP contribution >= 0.6 is 0 Å². The number of carbonyl (C=O) groups excluding carboxylic acids is 1. The van der Waals surface area contributed by atoms with Gasteiger partial charge in [-0.05, 0) is 30.3 Å². The molecule has 0 aliphatic rings. The Morgan fingerprint density at radius 3 is 2.67 bits per heavy atom. The molecule has 2 aromatic rings. The summed E-state index contributed by atoms with van der Waals surface area (Å²) in [6.45, 7) is -0.305. The largest absolute Gasteiger partial charge is 0.457 e. The van der Waals surface area contributed by atoms with E-state index in [-0.39, 0.29) is 29.0 Å². The molecule has 0 aromatic heterocycles. The molecule has 0 amide bonds. The van der Waals surface area contributed by atoms with Crippen molar-refractivity contribution in [2.24, 2.45) is 0 Å². The highest BCUT2D eigenvalue weighted by Crippen LogP contribution is 2.15. The maximum atomic E-state index is 13.7. The molecule has 0 fully saturated rings. The number of esters is 1. The van der Waals surface area contributed by atoms with Crippen molar-refractivity contribution >= 4 is 21.7 Å². The number of nitrogens with one attached hydrogen (secondary N) is 1. The third kappa shape index (κ3) is 4.79. The van der Waals surface area contributed by atoms with Gasteiger partial charge in [-0.3, -0.25) is 4.72 Å². The van der Waals surface area contributed by atoms with E-state index < -0.39 is 21.8 Å². The van der Waals surface area contributed by atoms with E-state index in [1.807, 2.05) is 0 Å². The molecule has 0 aliphatic carbocycles. The summed E-state index contributed by atoms with van der Waals surface area (Å²) in [5.74, 6) is -1.37. The van der Waals surface area contributed by atoms with Crippen molar-refractivity contribution in [2.75, 3.05) is 11.0 Å². The number of sulfonamides is 1. The van der Waals surface area contributed by atoms with Crippen LogP contribution in [0.3, 0.4) is 0 Å². The number of ether oxygens (including phenoxy) is 1. The lowest BCUT2D eigenvalue weighted by atomic mass is 10.1. The first-order chi connectivity index (χ1) is 11.3. The zero-order valence-electron chi connectivity index (χ0n) is 12.6. The zero-order chi connectivity index (χ0) is 17.7. The highest BCUT2D eigenvalue weighted by molar-refractivity contribution is 7.92. The number of halogens is 1. The van der Waals surface area contributed by atoms with Crippen LogP contribution in [0.1, 0.15) is 21.5 Å². The predicted molar refractivity (Wildman–Crippen MR) is 85.1 cm³/mol. The average Bonchev–Trinajstić information content (AvgIpc) is 2.52. The molecule has 124 valence electrons. The van der Waals surface area contributed by atoms with Crippen LogP contribution in [0.5, 0.6) is 0 Å². The first-order valence-corrected chi connectivity index (χ1v) is 8.61. The summed E-state index contributed by atoms with van der Waals surface area (Å²) in [6.07, 6.45) is 0.992. The van der Waals surface area contributed by atoms with Crippen molar-refractivity contribution < 1.29 is 22.3 Å². The van der Waals surface area contributed by atoms with Crippen molar-refractivity contribution in [3.63, 3.8) is 0 Å². The van der Waals surface area contributed by atoms with Crippen LogP contribution in [0.15, 0.2) is 42.5 Å². The third-order valence-electron chi connectivity index (χ3n) is 2.94. The number of benzene rings is 2. The molecule has 2 aromatic carbocycles. The van der Waals surface area contributed by atoms with Crippen molar-refractivity contribution in [2.45, 2.75) is 6.61 Å². The number of hydrogen-bond acceptors (Lipinski definition) is 5. The first kappa shape index (κ1) is 17.4. The van der Waals surface area contributed by atoms with Gasteiger partial charge in [0.2, 0.25) is 10.0 Å². The second-order valence-corrected chi connectivity index (χ2v) is 6.70. The first-order valence-electron chi connectivity index (χ1n) is 6.72. The fourth-order valence-electron chi connectivity index (χ4n) is 1.88. The van der Waals surface area contributed by atoms with Gasteiger partial charge in [-0.25, -0.2) is 17.6 Å². The van der Waals surface area contributed by atoms with Gasteiger partial charge in [0.05, 0.1) is 23.5 Å². The molecule has 0 bridgehead atoms. The SMILES string of the molecule is CS(=O)(=O)Nc1cccc(C(=O)OCc2ccc(C#N)cc2F)c1. The Kier molecular flexibility index (Phi) is 5.16. The number of rotatable bonds is 5.